The molecule has 11 heavy (non-hydrogen) atoms. The molecule has 3 nitrogen and oxygen atoms in total. The Morgan fingerprint density at radius 1 is 1.55 bits per heavy atom. The van der Waals surface area contributed by atoms with Crippen LogP contribution in [0.2, 0.25) is 0 Å². The van der Waals surface area contributed by atoms with E-state index in [2.05, 4.69) is 4.74 Å². The van der Waals surface area contributed by atoms with E-state index >= 15 is 0 Å². The van der Waals surface area contributed by atoms with Crippen LogP contribution in [0, 0.1) is 0 Å². The minimum Gasteiger partial charge on any atom is -0.426 e. The Bertz CT molecular complexity index is 136. The number of hydrogen-bond acceptors (Lipinski definition) is 3. The van der Waals surface area contributed by atoms with E-state index in [9.17, 15) is 4.79 Å². The molecule has 0 fully saturated rings. The Morgan fingerprint density at radius 2 is 2.09 bits per heavy atom. The van der Waals surface area contributed by atoms with E-state index in [0.717, 1.165) is 0 Å². The molecule has 66 valence electrons. The third kappa shape index (κ3) is 6.41. The van der Waals surface area contributed by atoms with Gasteiger partial charge in [0.1, 0.15) is 6.61 Å². The summed E-state index contributed by atoms with van der Waals surface area (Å²) in [5.74, 6) is -0.533. The topological polar surface area (TPSA) is 35.5 Å². The van der Waals surface area contributed by atoms with Gasteiger partial charge in [-0.25, -0.2) is 0 Å². The minimum atomic E-state index is -1.55. The van der Waals surface area contributed by atoms with Gasteiger partial charge in [-0.05, 0) is 6.92 Å². The van der Waals surface area contributed by atoms with Gasteiger partial charge >= 0.3 is 5.97 Å². The summed E-state index contributed by atoms with van der Waals surface area (Å²) >= 11 is 11.0. The van der Waals surface area contributed by atoms with Crippen LogP contribution in [-0.2, 0) is 14.3 Å². The van der Waals surface area contributed by atoms with Crippen LogP contribution in [0.1, 0.15) is 13.8 Å². The fourth-order valence-corrected chi connectivity index (χ4v) is 0.832. The van der Waals surface area contributed by atoms with Gasteiger partial charge < -0.3 is 9.47 Å². The molecule has 0 saturated heterocycles. The average molecular weight is 201 g/mol. The fraction of sp³-hybridized carbons (Fsp3) is 0.833. The molecule has 0 amide bonds. The Morgan fingerprint density at radius 3 is 2.45 bits per heavy atom. The van der Waals surface area contributed by atoms with E-state index in [-0.39, 0.29) is 6.61 Å². The first-order valence-corrected chi connectivity index (χ1v) is 3.88. The predicted octanol–water partition coefficient (Wildman–Crippen LogP) is 1.72. The second kappa shape index (κ2) is 4.80. The number of carbonyl (C=O) groups excluding carboxylic acids is 1. The lowest BCUT2D eigenvalue weighted by atomic mass is 10.7. The van der Waals surface area contributed by atoms with E-state index in [0.29, 0.717) is 6.61 Å². The summed E-state index contributed by atoms with van der Waals surface area (Å²) in [7, 11) is 0. The zero-order chi connectivity index (χ0) is 8.91. The molecule has 0 aromatic heterocycles. The summed E-state index contributed by atoms with van der Waals surface area (Å²) in [5, 5.41) is 0. The van der Waals surface area contributed by atoms with Crippen molar-refractivity contribution in [2.75, 3.05) is 13.2 Å². The van der Waals surface area contributed by atoms with Gasteiger partial charge in [0.25, 0.3) is 4.52 Å². The van der Waals surface area contributed by atoms with E-state index < -0.39 is 10.5 Å². The molecule has 5 heteroatoms. The highest BCUT2D eigenvalue weighted by molar-refractivity contribution is 6.47. The first-order valence-electron chi connectivity index (χ1n) is 3.13. The van der Waals surface area contributed by atoms with E-state index in [4.69, 9.17) is 27.9 Å². The second-order valence-electron chi connectivity index (χ2n) is 1.87. The van der Waals surface area contributed by atoms with Gasteiger partial charge in [-0.1, -0.05) is 23.2 Å². The van der Waals surface area contributed by atoms with Crippen molar-refractivity contribution in [2.24, 2.45) is 0 Å². The Hall–Kier alpha value is 0.01000. The molecule has 0 aliphatic carbocycles. The number of halogens is 2. The molecule has 0 rings (SSSR count). The highest BCUT2D eigenvalue weighted by Gasteiger charge is 2.27. The lowest BCUT2D eigenvalue weighted by molar-refractivity contribution is -0.147. The number of carbonyl (C=O) groups is 1. The SMILES string of the molecule is CCOCC(Cl)(Cl)OC(C)=O. The van der Waals surface area contributed by atoms with Crippen LogP contribution in [0.15, 0.2) is 0 Å². The minimum absolute atomic E-state index is 0.0216. The average Bonchev–Trinajstić information content (AvgIpc) is 1.81. The molecule has 0 heterocycles. The van der Waals surface area contributed by atoms with Crippen molar-refractivity contribution in [1.29, 1.82) is 0 Å². The van der Waals surface area contributed by atoms with Crippen LogP contribution in [0.3, 0.4) is 0 Å². The van der Waals surface area contributed by atoms with Crippen LogP contribution in [-0.4, -0.2) is 23.7 Å². The van der Waals surface area contributed by atoms with Crippen molar-refractivity contribution < 1.29 is 14.3 Å². The molecule has 0 bridgehead atoms. The third-order valence-electron chi connectivity index (χ3n) is 0.767. The van der Waals surface area contributed by atoms with Crippen molar-refractivity contribution in [3.63, 3.8) is 0 Å². The molecule has 0 unspecified atom stereocenters. The number of rotatable bonds is 4. The molecule has 0 spiro atoms. The van der Waals surface area contributed by atoms with Gasteiger partial charge in [-0.15, -0.1) is 0 Å². The van der Waals surface area contributed by atoms with Crippen LogP contribution in [0.4, 0.5) is 0 Å². The molecule has 0 atom stereocenters. The fourth-order valence-electron chi connectivity index (χ4n) is 0.461. The highest BCUT2D eigenvalue weighted by atomic mass is 35.5. The summed E-state index contributed by atoms with van der Waals surface area (Å²) in [6.07, 6.45) is 0. The summed E-state index contributed by atoms with van der Waals surface area (Å²) in [4.78, 5) is 10.4. The Labute approximate surface area is 75.6 Å². The zero-order valence-corrected chi connectivity index (χ0v) is 7.91. The first kappa shape index (κ1) is 11.0. The van der Waals surface area contributed by atoms with E-state index in [1.54, 1.807) is 6.92 Å². The summed E-state index contributed by atoms with van der Waals surface area (Å²) in [6, 6.07) is 0. The molecule has 0 N–H and O–H groups in total. The lowest BCUT2D eigenvalue weighted by Gasteiger charge is -2.18. The molecular formula is C6H10Cl2O3. The second-order valence-corrected chi connectivity index (χ2v) is 3.28. The van der Waals surface area contributed by atoms with Crippen molar-refractivity contribution in [3.8, 4) is 0 Å². The number of esters is 1. The van der Waals surface area contributed by atoms with Crippen molar-refractivity contribution >= 4 is 29.2 Å². The maximum atomic E-state index is 10.4. The molecule has 0 aliphatic heterocycles. The molecule has 0 aromatic rings. The standard InChI is InChI=1S/C6H10Cl2O3/c1-3-10-4-6(7,8)11-5(2)9/h3-4H2,1-2H3. The summed E-state index contributed by atoms with van der Waals surface area (Å²) in [6.45, 7) is 3.47. The molecular weight excluding hydrogens is 191 g/mol. The van der Waals surface area contributed by atoms with Gasteiger partial charge in [-0.2, -0.15) is 0 Å². The predicted molar refractivity (Wildman–Crippen MR) is 42.7 cm³/mol. The van der Waals surface area contributed by atoms with Crippen LogP contribution in [0.5, 0.6) is 0 Å². The summed E-state index contributed by atoms with van der Waals surface area (Å²) in [5.41, 5.74) is 0. The van der Waals surface area contributed by atoms with Crippen molar-refractivity contribution in [1.82, 2.24) is 0 Å². The quantitative estimate of drug-likeness (QED) is 0.513. The molecule has 0 radical (unpaired) electrons. The largest absolute Gasteiger partial charge is 0.426 e. The Kier molecular flexibility index (Phi) is 4.81. The smallest absolute Gasteiger partial charge is 0.305 e. The van der Waals surface area contributed by atoms with Crippen molar-refractivity contribution in [2.45, 2.75) is 18.4 Å². The number of alkyl halides is 2. The monoisotopic (exact) mass is 200 g/mol. The van der Waals surface area contributed by atoms with E-state index in [1.807, 2.05) is 0 Å². The normalized spacial score (nSPS) is 11.3. The Balaban J connectivity index is 3.70. The molecule has 0 aliphatic rings. The first-order chi connectivity index (χ1) is 4.98. The molecule has 0 saturated carbocycles. The zero-order valence-electron chi connectivity index (χ0n) is 6.39. The van der Waals surface area contributed by atoms with Gasteiger partial charge in [0.2, 0.25) is 0 Å². The van der Waals surface area contributed by atoms with Crippen LogP contribution in [0.25, 0.3) is 0 Å². The van der Waals surface area contributed by atoms with Gasteiger partial charge in [0, 0.05) is 13.5 Å². The summed E-state index contributed by atoms with van der Waals surface area (Å²) < 4.78 is 7.81. The van der Waals surface area contributed by atoms with Gasteiger partial charge in [0.05, 0.1) is 0 Å². The van der Waals surface area contributed by atoms with E-state index in [1.165, 1.54) is 6.92 Å². The number of hydrogen-bond donors (Lipinski definition) is 0. The van der Waals surface area contributed by atoms with Crippen LogP contribution < -0.4 is 0 Å². The van der Waals surface area contributed by atoms with Gasteiger partial charge in [-0.3, -0.25) is 4.79 Å². The highest BCUT2D eigenvalue weighted by Crippen LogP contribution is 2.22. The molecule has 0 aromatic carbocycles. The van der Waals surface area contributed by atoms with Crippen LogP contribution >= 0.6 is 23.2 Å². The van der Waals surface area contributed by atoms with Crippen molar-refractivity contribution in [3.05, 3.63) is 0 Å². The number of ether oxygens (including phenoxy) is 2. The maximum Gasteiger partial charge on any atom is 0.305 e. The maximum absolute atomic E-state index is 10.4. The third-order valence-corrected chi connectivity index (χ3v) is 1.14. The lowest BCUT2D eigenvalue weighted by Crippen LogP contribution is -2.27. The van der Waals surface area contributed by atoms with Gasteiger partial charge in [0.15, 0.2) is 0 Å².